The Morgan fingerprint density at radius 1 is 1.00 bits per heavy atom. The molecule has 0 aliphatic rings. The third-order valence-electron chi connectivity index (χ3n) is 5.38. The van der Waals surface area contributed by atoms with Crippen molar-refractivity contribution in [2.45, 2.75) is 70.7 Å². The molecule has 1 atom stereocenters. The average Bonchev–Trinajstić information content (AvgIpc) is 2.74. The molecule has 2 aromatic carbocycles. The zero-order valence-corrected chi connectivity index (χ0v) is 23.8. The number of ether oxygens (including phenoxy) is 1. The van der Waals surface area contributed by atoms with Crippen molar-refractivity contribution in [2.75, 3.05) is 0 Å². The molecule has 2 rings (SSSR count). The topological polar surface area (TPSA) is 60.4 Å². The highest BCUT2D eigenvalue weighted by atomic mass is 35.5. The summed E-state index contributed by atoms with van der Waals surface area (Å²) in [5.74, 6) is -4.73. The molecule has 0 aromatic heterocycles. The van der Waals surface area contributed by atoms with Crippen molar-refractivity contribution >= 4 is 63.4 Å². The number of hydrogen-bond acceptors (Lipinski definition) is 5. The van der Waals surface area contributed by atoms with E-state index >= 15 is 8.78 Å². The minimum atomic E-state index is -3.51. The Morgan fingerprint density at radius 3 is 2.00 bits per heavy atom. The second-order valence-corrected chi connectivity index (χ2v) is 12.0. The molecule has 0 heterocycles. The van der Waals surface area contributed by atoms with E-state index in [1.165, 1.54) is 37.3 Å². The predicted octanol–water partition coefficient (Wildman–Crippen LogP) is 8.70. The lowest BCUT2D eigenvalue weighted by atomic mass is 9.83. The normalized spacial score (nSPS) is 13.8. The third-order valence-corrected chi connectivity index (χ3v) is 7.89. The highest BCUT2D eigenvalue weighted by Gasteiger charge is 2.56. The molecule has 0 aliphatic carbocycles. The quantitative estimate of drug-likeness (QED) is 0.178. The maximum atomic E-state index is 15.7. The molecule has 1 unspecified atom stereocenters. The summed E-state index contributed by atoms with van der Waals surface area (Å²) in [5, 5.41) is -0.799. The number of hydrogen-bond donors (Lipinski definition) is 0. The lowest BCUT2D eigenvalue weighted by Gasteiger charge is -2.39. The molecule has 0 aliphatic heterocycles. The first-order valence-corrected chi connectivity index (χ1v) is 13.0. The first kappa shape index (κ1) is 30.6. The van der Waals surface area contributed by atoms with Gasteiger partial charge in [0.2, 0.25) is 0 Å². The van der Waals surface area contributed by atoms with Crippen LogP contribution in [0, 0.1) is 6.92 Å². The number of Topliss-reactive ketones (excluding diaryl/α,β-unsaturated/α-hetero) is 1. The van der Waals surface area contributed by atoms with Gasteiger partial charge in [-0.25, -0.2) is 13.6 Å². The van der Waals surface area contributed by atoms with Gasteiger partial charge in [0.15, 0.2) is 10.9 Å². The third kappa shape index (κ3) is 6.80. The van der Waals surface area contributed by atoms with Crippen LogP contribution in [0.4, 0.5) is 8.78 Å². The van der Waals surface area contributed by atoms with E-state index in [0.29, 0.717) is 17.3 Å². The average molecular weight is 580 g/mol. The van der Waals surface area contributed by atoms with Gasteiger partial charge < -0.3 is 4.74 Å². The van der Waals surface area contributed by atoms with Crippen LogP contribution in [0.25, 0.3) is 0 Å². The fraction of sp³-hybridized carbons (Fsp3) is 0.423. The number of halogens is 5. The summed E-state index contributed by atoms with van der Waals surface area (Å²) < 4.78 is 34.4. The second-order valence-electron chi connectivity index (χ2n) is 9.36. The van der Waals surface area contributed by atoms with Crippen LogP contribution in [0.2, 0.25) is 15.1 Å². The van der Waals surface area contributed by atoms with Crippen LogP contribution < -0.4 is 0 Å². The van der Waals surface area contributed by atoms with Crippen LogP contribution in [0.1, 0.15) is 79.3 Å². The summed E-state index contributed by atoms with van der Waals surface area (Å²) in [6.07, 6.45) is -1.40. The summed E-state index contributed by atoms with van der Waals surface area (Å²) in [7, 11) is 0. The largest absolute Gasteiger partial charge is 0.456 e. The van der Waals surface area contributed by atoms with Gasteiger partial charge in [0.05, 0.1) is 20.6 Å². The van der Waals surface area contributed by atoms with Crippen molar-refractivity contribution in [2.24, 2.45) is 0 Å². The van der Waals surface area contributed by atoms with Crippen molar-refractivity contribution in [3.63, 3.8) is 0 Å². The smallest absolute Gasteiger partial charge is 0.338 e. The Balaban J connectivity index is 2.61. The van der Waals surface area contributed by atoms with Gasteiger partial charge in [-0.3, -0.25) is 9.59 Å². The van der Waals surface area contributed by atoms with Crippen LogP contribution >= 0.6 is 46.6 Å². The van der Waals surface area contributed by atoms with Gasteiger partial charge in [-0.05, 0) is 63.1 Å². The summed E-state index contributed by atoms with van der Waals surface area (Å²) in [4.78, 5) is 38.1. The number of thioether (sulfide) groups is 1. The number of alkyl halides is 2. The molecule has 196 valence electrons. The molecule has 4 nitrogen and oxygen atoms in total. The molecule has 0 fully saturated rings. The lowest BCUT2D eigenvalue weighted by Crippen LogP contribution is -2.45. The maximum Gasteiger partial charge on any atom is 0.338 e. The van der Waals surface area contributed by atoms with Crippen molar-refractivity contribution in [1.82, 2.24) is 0 Å². The number of carbonyl (C=O) groups excluding carboxylic acids is 3. The van der Waals surface area contributed by atoms with E-state index in [1.54, 1.807) is 27.7 Å². The molecule has 36 heavy (non-hydrogen) atoms. The zero-order chi connectivity index (χ0) is 27.6. The number of aryl methyl sites for hydroxylation is 1. The zero-order valence-electron chi connectivity index (χ0n) is 20.7. The van der Waals surface area contributed by atoms with Crippen LogP contribution in [0.15, 0.2) is 30.3 Å². The van der Waals surface area contributed by atoms with Gasteiger partial charge in [0.1, 0.15) is 10.3 Å². The van der Waals surface area contributed by atoms with Crippen LogP contribution in [-0.2, 0) is 14.3 Å². The number of ketones is 1. The van der Waals surface area contributed by atoms with E-state index in [4.69, 9.17) is 39.5 Å². The molecule has 0 amide bonds. The second kappa shape index (κ2) is 11.4. The summed E-state index contributed by atoms with van der Waals surface area (Å²) in [6.45, 7) is 9.22. The first-order valence-electron chi connectivity index (χ1n) is 11.0. The Bertz CT molecular complexity index is 1170. The van der Waals surface area contributed by atoms with Gasteiger partial charge in [0, 0.05) is 25.3 Å². The summed E-state index contributed by atoms with van der Waals surface area (Å²) in [6, 6.07) is 6.66. The summed E-state index contributed by atoms with van der Waals surface area (Å²) in [5.41, 5.74) is -0.00876. The van der Waals surface area contributed by atoms with Gasteiger partial charge in [-0.2, -0.15) is 0 Å². The highest BCUT2D eigenvalue weighted by Crippen LogP contribution is 2.55. The molecule has 2 aromatic rings. The van der Waals surface area contributed by atoms with Crippen molar-refractivity contribution < 1.29 is 27.9 Å². The van der Waals surface area contributed by atoms with Gasteiger partial charge in [-0.15, -0.1) is 0 Å². The van der Waals surface area contributed by atoms with Crippen molar-refractivity contribution in [3.05, 3.63) is 67.7 Å². The van der Waals surface area contributed by atoms with Crippen LogP contribution in [0.3, 0.4) is 0 Å². The van der Waals surface area contributed by atoms with E-state index in [1.807, 2.05) is 0 Å². The molecular weight excluding hydrogens is 553 g/mol. The number of benzene rings is 2. The summed E-state index contributed by atoms with van der Waals surface area (Å²) >= 11 is 18.7. The molecule has 0 spiro atoms. The van der Waals surface area contributed by atoms with Gasteiger partial charge in [0.25, 0.3) is 5.92 Å². The van der Waals surface area contributed by atoms with Gasteiger partial charge >= 0.3 is 5.97 Å². The Hall–Kier alpha value is -1.67. The van der Waals surface area contributed by atoms with E-state index in [9.17, 15) is 14.4 Å². The molecule has 10 heteroatoms. The molecule has 0 saturated heterocycles. The first-order chi connectivity index (χ1) is 16.4. The number of carbonyl (C=O) groups is 3. The number of rotatable bonds is 8. The number of esters is 1. The monoisotopic (exact) mass is 578 g/mol. The van der Waals surface area contributed by atoms with Crippen molar-refractivity contribution in [3.8, 4) is 0 Å². The molecule has 0 radical (unpaired) electrons. The Morgan fingerprint density at radius 2 is 1.56 bits per heavy atom. The SMILES string of the molecule is CCC(F)(F)C(CC(=O)c1ccc(C(=O)OC(C)(C)C)c(C)c1)(SC(C)=O)c1cc(Cl)c(Cl)c(Cl)c1. The van der Waals surface area contributed by atoms with E-state index in [2.05, 4.69) is 0 Å². The van der Waals surface area contributed by atoms with Crippen LogP contribution in [-0.4, -0.2) is 28.4 Å². The minimum absolute atomic E-state index is 0.0247. The maximum absolute atomic E-state index is 15.7. The van der Waals surface area contributed by atoms with Crippen molar-refractivity contribution in [1.29, 1.82) is 0 Å². The molecule has 0 saturated carbocycles. The molecule has 0 N–H and O–H groups in total. The standard InChI is InChI=1S/C26H27Cl3F2O4S/c1-7-26(30,31)25(36-15(3)32,17-11-19(27)22(29)20(28)12-17)13-21(33)16-8-9-18(14(2)10-16)23(34)35-24(4,5)6/h8-12H,7,13H2,1-6H3. The highest BCUT2D eigenvalue weighted by molar-refractivity contribution is 8.14. The van der Waals surface area contributed by atoms with Crippen LogP contribution in [0.5, 0.6) is 0 Å². The lowest BCUT2D eigenvalue weighted by molar-refractivity contribution is -0.109. The fourth-order valence-electron chi connectivity index (χ4n) is 3.66. The molecular formula is C26H27Cl3F2O4S. The molecule has 0 bridgehead atoms. The van der Waals surface area contributed by atoms with E-state index < -0.39 is 46.0 Å². The van der Waals surface area contributed by atoms with Gasteiger partial charge in [-0.1, -0.05) is 59.6 Å². The fourth-order valence-corrected chi connectivity index (χ4v) is 5.48. The minimum Gasteiger partial charge on any atom is -0.456 e. The Kier molecular flexibility index (Phi) is 9.66. The van der Waals surface area contributed by atoms with E-state index in [0.717, 1.165) is 6.92 Å². The Labute approximate surface area is 229 Å². The van der Waals surface area contributed by atoms with E-state index in [-0.39, 0.29) is 31.8 Å². The predicted molar refractivity (Wildman–Crippen MR) is 142 cm³/mol.